The molecule has 1 aliphatic heterocycles. The molecule has 1 fully saturated rings. The van der Waals surface area contributed by atoms with E-state index in [1.807, 2.05) is 48.5 Å². The summed E-state index contributed by atoms with van der Waals surface area (Å²) in [5, 5.41) is 9.55. The number of hydrogen-bond donors (Lipinski definition) is 1. The van der Waals surface area contributed by atoms with E-state index in [2.05, 4.69) is 0 Å². The third kappa shape index (κ3) is 3.08. The monoisotopic (exact) mass is 312 g/mol. The van der Waals surface area contributed by atoms with E-state index in [4.69, 9.17) is 9.47 Å². The lowest BCUT2D eigenvalue weighted by molar-refractivity contribution is -0.159. The first-order valence-corrected chi connectivity index (χ1v) is 7.74. The molecule has 120 valence electrons. The van der Waals surface area contributed by atoms with Gasteiger partial charge in [-0.05, 0) is 30.0 Å². The van der Waals surface area contributed by atoms with Crippen LogP contribution in [0.2, 0.25) is 0 Å². The quantitative estimate of drug-likeness (QED) is 0.917. The lowest BCUT2D eigenvalue weighted by Gasteiger charge is -2.23. The van der Waals surface area contributed by atoms with E-state index in [0.717, 1.165) is 28.9 Å². The number of ether oxygens (including phenoxy) is 2. The molecule has 0 saturated carbocycles. The van der Waals surface area contributed by atoms with Crippen molar-refractivity contribution in [2.75, 3.05) is 13.7 Å². The van der Waals surface area contributed by atoms with Crippen LogP contribution in [0.5, 0.6) is 5.75 Å². The molecule has 4 heteroatoms. The Hall–Kier alpha value is -2.33. The van der Waals surface area contributed by atoms with Gasteiger partial charge in [-0.2, -0.15) is 0 Å². The van der Waals surface area contributed by atoms with Crippen LogP contribution in [-0.2, 0) is 16.0 Å². The smallest absolute Gasteiger partial charge is 0.336 e. The highest BCUT2D eigenvalue weighted by Gasteiger charge is 2.42. The molecule has 23 heavy (non-hydrogen) atoms. The van der Waals surface area contributed by atoms with Crippen molar-refractivity contribution in [1.29, 1.82) is 0 Å². The van der Waals surface area contributed by atoms with E-state index in [1.165, 1.54) is 0 Å². The SMILES string of the molecule is COc1ccccc1-c1cccc(C[C@]2(C(=O)O)CCCO2)c1. The summed E-state index contributed by atoms with van der Waals surface area (Å²) in [6, 6.07) is 15.7. The summed E-state index contributed by atoms with van der Waals surface area (Å²) in [4.78, 5) is 11.6. The molecule has 0 aromatic heterocycles. The fraction of sp³-hybridized carbons (Fsp3) is 0.316. The maximum atomic E-state index is 11.6. The van der Waals surface area contributed by atoms with Crippen LogP contribution in [-0.4, -0.2) is 30.4 Å². The summed E-state index contributed by atoms with van der Waals surface area (Å²) in [6.45, 7) is 0.512. The Kier molecular flexibility index (Phi) is 4.35. The van der Waals surface area contributed by atoms with Crippen molar-refractivity contribution in [1.82, 2.24) is 0 Å². The molecule has 1 saturated heterocycles. The van der Waals surface area contributed by atoms with Crippen molar-refractivity contribution in [3.05, 3.63) is 54.1 Å². The van der Waals surface area contributed by atoms with Crippen molar-refractivity contribution in [3.8, 4) is 16.9 Å². The molecular formula is C19H20O4. The minimum atomic E-state index is -1.08. The van der Waals surface area contributed by atoms with Crippen LogP contribution in [0, 0.1) is 0 Å². The number of aliphatic carboxylic acids is 1. The molecule has 3 rings (SSSR count). The lowest BCUT2D eigenvalue weighted by atomic mass is 9.90. The topological polar surface area (TPSA) is 55.8 Å². The number of carboxylic acid groups (broad SMARTS) is 1. The van der Waals surface area contributed by atoms with E-state index < -0.39 is 11.6 Å². The van der Waals surface area contributed by atoms with E-state index in [9.17, 15) is 9.90 Å². The number of para-hydroxylation sites is 1. The Labute approximate surface area is 135 Å². The fourth-order valence-electron chi connectivity index (χ4n) is 3.14. The number of benzene rings is 2. The van der Waals surface area contributed by atoms with E-state index in [1.54, 1.807) is 7.11 Å². The second kappa shape index (κ2) is 6.42. The third-order valence-electron chi connectivity index (χ3n) is 4.33. The second-order valence-corrected chi connectivity index (χ2v) is 5.83. The van der Waals surface area contributed by atoms with Gasteiger partial charge in [0.1, 0.15) is 5.75 Å². The van der Waals surface area contributed by atoms with E-state index in [-0.39, 0.29) is 0 Å². The van der Waals surface area contributed by atoms with Gasteiger partial charge >= 0.3 is 5.97 Å². The van der Waals surface area contributed by atoms with Crippen LogP contribution in [0.1, 0.15) is 18.4 Å². The number of rotatable bonds is 5. The molecule has 0 spiro atoms. The van der Waals surface area contributed by atoms with Gasteiger partial charge in [-0.15, -0.1) is 0 Å². The van der Waals surface area contributed by atoms with Crippen molar-refractivity contribution in [2.45, 2.75) is 24.9 Å². The Morgan fingerprint density at radius 2 is 2.09 bits per heavy atom. The normalized spacial score (nSPS) is 20.4. The molecular weight excluding hydrogens is 292 g/mol. The van der Waals surface area contributed by atoms with E-state index in [0.29, 0.717) is 19.4 Å². The summed E-state index contributed by atoms with van der Waals surface area (Å²) in [5.74, 6) is -0.0765. The predicted molar refractivity (Wildman–Crippen MR) is 87.7 cm³/mol. The Balaban J connectivity index is 1.93. The molecule has 2 aromatic rings. The number of methoxy groups -OCH3 is 1. The first kappa shape index (κ1) is 15.6. The summed E-state index contributed by atoms with van der Waals surface area (Å²) in [5.41, 5.74) is 1.88. The number of carboxylic acids is 1. The standard InChI is InChI=1S/C19H20O4/c1-22-17-9-3-2-8-16(17)15-7-4-6-14(12-15)13-19(18(20)21)10-5-11-23-19/h2-4,6-9,12H,5,10-11,13H2,1H3,(H,20,21)/t19-/m0/s1. The van der Waals surface area contributed by atoms with Gasteiger partial charge in [-0.3, -0.25) is 0 Å². The summed E-state index contributed by atoms with van der Waals surface area (Å²) in [7, 11) is 1.65. The average Bonchev–Trinajstić information content (AvgIpc) is 3.05. The number of hydrogen-bond acceptors (Lipinski definition) is 3. The zero-order chi connectivity index (χ0) is 16.3. The zero-order valence-corrected chi connectivity index (χ0v) is 13.1. The third-order valence-corrected chi connectivity index (χ3v) is 4.33. The Morgan fingerprint density at radius 3 is 2.78 bits per heavy atom. The highest BCUT2D eigenvalue weighted by atomic mass is 16.5. The first-order chi connectivity index (χ1) is 11.1. The molecule has 0 amide bonds. The molecule has 1 heterocycles. The second-order valence-electron chi connectivity index (χ2n) is 5.83. The lowest BCUT2D eigenvalue weighted by Crippen LogP contribution is -2.40. The van der Waals surface area contributed by atoms with Gasteiger partial charge in [-0.1, -0.05) is 42.5 Å². The van der Waals surface area contributed by atoms with Crippen LogP contribution >= 0.6 is 0 Å². The van der Waals surface area contributed by atoms with Gasteiger partial charge in [0, 0.05) is 18.6 Å². The van der Waals surface area contributed by atoms with Crippen LogP contribution in [0.15, 0.2) is 48.5 Å². The highest BCUT2D eigenvalue weighted by molar-refractivity contribution is 5.78. The summed E-state index contributed by atoms with van der Waals surface area (Å²) >= 11 is 0. The molecule has 2 aromatic carbocycles. The van der Waals surface area contributed by atoms with Crippen molar-refractivity contribution >= 4 is 5.97 Å². The van der Waals surface area contributed by atoms with Gasteiger partial charge < -0.3 is 14.6 Å². The van der Waals surface area contributed by atoms with Gasteiger partial charge in [0.15, 0.2) is 5.60 Å². The fourth-order valence-corrected chi connectivity index (χ4v) is 3.14. The minimum Gasteiger partial charge on any atom is -0.496 e. The van der Waals surface area contributed by atoms with Crippen molar-refractivity contribution in [2.24, 2.45) is 0 Å². The van der Waals surface area contributed by atoms with Gasteiger partial charge in [0.2, 0.25) is 0 Å². The summed E-state index contributed by atoms with van der Waals surface area (Å²) < 4.78 is 11.0. The van der Waals surface area contributed by atoms with Crippen molar-refractivity contribution in [3.63, 3.8) is 0 Å². The molecule has 1 atom stereocenters. The van der Waals surface area contributed by atoms with Crippen molar-refractivity contribution < 1.29 is 19.4 Å². The maximum absolute atomic E-state index is 11.6. The predicted octanol–water partition coefficient (Wildman–Crippen LogP) is 3.54. The van der Waals surface area contributed by atoms with Gasteiger partial charge in [-0.25, -0.2) is 4.79 Å². The molecule has 0 radical (unpaired) electrons. The van der Waals surface area contributed by atoms with Crippen LogP contribution in [0.25, 0.3) is 11.1 Å². The Morgan fingerprint density at radius 1 is 1.26 bits per heavy atom. The molecule has 0 unspecified atom stereocenters. The minimum absolute atomic E-state index is 0.380. The van der Waals surface area contributed by atoms with Crippen LogP contribution in [0.4, 0.5) is 0 Å². The largest absolute Gasteiger partial charge is 0.496 e. The molecule has 0 aliphatic carbocycles. The molecule has 0 bridgehead atoms. The highest BCUT2D eigenvalue weighted by Crippen LogP contribution is 2.33. The van der Waals surface area contributed by atoms with Crippen LogP contribution < -0.4 is 4.74 Å². The maximum Gasteiger partial charge on any atom is 0.336 e. The Bertz CT molecular complexity index is 702. The molecule has 1 aliphatic rings. The molecule has 1 N–H and O–H groups in total. The summed E-state index contributed by atoms with van der Waals surface area (Å²) in [6.07, 6.45) is 1.73. The van der Waals surface area contributed by atoms with E-state index >= 15 is 0 Å². The molecule has 4 nitrogen and oxygen atoms in total. The van der Waals surface area contributed by atoms with Crippen LogP contribution in [0.3, 0.4) is 0 Å². The number of carbonyl (C=O) groups is 1. The van der Waals surface area contributed by atoms with Gasteiger partial charge in [0.25, 0.3) is 0 Å². The van der Waals surface area contributed by atoms with Gasteiger partial charge in [0.05, 0.1) is 7.11 Å². The average molecular weight is 312 g/mol. The zero-order valence-electron chi connectivity index (χ0n) is 13.1. The first-order valence-electron chi connectivity index (χ1n) is 7.74.